The van der Waals surface area contributed by atoms with E-state index in [9.17, 15) is 4.79 Å². The molecule has 1 saturated carbocycles. The number of rotatable bonds is 5. The Kier molecular flexibility index (Phi) is 3.56. The van der Waals surface area contributed by atoms with Crippen LogP contribution >= 0.6 is 0 Å². The van der Waals surface area contributed by atoms with Crippen LogP contribution in [0.3, 0.4) is 0 Å². The summed E-state index contributed by atoms with van der Waals surface area (Å²) < 4.78 is 5.47. The molecule has 0 saturated heterocycles. The summed E-state index contributed by atoms with van der Waals surface area (Å²) in [5.74, 6) is 1.97. The zero-order chi connectivity index (χ0) is 13.2. The number of carbonyl (C=O) groups excluding carboxylic acids is 1. The Morgan fingerprint density at radius 1 is 1.42 bits per heavy atom. The molecule has 19 heavy (non-hydrogen) atoms. The zero-order valence-electron chi connectivity index (χ0n) is 11.5. The van der Waals surface area contributed by atoms with Gasteiger partial charge in [-0.25, -0.2) is 0 Å². The van der Waals surface area contributed by atoms with Gasteiger partial charge in [-0.05, 0) is 49.6 Å². The number of Topliss-reactive ketones (excluding diaryl/α,β-unsaturated/α-hetero) is 1. The first-order valence-electron chi connectivity index (χ1n) is 7.20. The quantitative estimate of drug-likeness (QED) is 0.761. The highest BCUT2D eigenvalue weighted by Gasteiger charge is 2.21. The zero-order valence-corrected chi connectivity index (χ0v) is 11.5. The summed E-state index contributed by atoms with van der Waals surface area (Å²) in [5, 5.41) is 0. The predicted molar refractivity (Wildman–Crippen MR) is 74.8 cm³/mol. The first-order chi connectivity index (χ1) is 9.22. The average Bonchev–Trinajstić information content (AvgIpc) is 2.80. The minimum Gasteiger partial charge on any atom is -0.493 e. The van der Waals surface area contributed by atoms with Crippen LogP contribution in [0.25, 0.3) is 0 Å². The van der Waals surface area contributed by atoms with E-state index < -0.39 is 0 Å². The highest BCUT2D eigenvalue weighted by Crippen LogP contribution is 2.27. The fraction of sp³-hybridized carbons (Fsp3) is 0.562. The van der Waals surface area contributed by atoms with E-state index in [2.05, 4.69) is 4.90 Å². The first-order valence-corrected chi connectivity index (χ1v) is 7.20. The maximum absolute atomic E-state index is 12.3. The van der Waals surface area contributed by atoms with Gasteiger partial charge in [-0.2, -0.15) is 0 Å². The number of hydrogen-bond donors (Lipinski definition) is 0. The van der Waals surface area contributed by atoms with Crippen molar-refractivity contribution in [2.75, 3.05) is 26.7 Å². The molecule has 1 aromatic rings. The number of benzene rings is 1. The Morgan fingerprint density at radius 2 is 2.26 bits per heavy atom. The summed E-state index contributed by atoms with van der Waals surface area (Å²) in [6, 6.07) is 5.83. The molecule has 0 bridgehead atoms. The van der Waals surface area contributed by atoms with Gasteiger partial charge in [-0.15, -0.1) is 0 Å². The van der Waals surface area contributed by atoms with Gasteiger partial charge in [0, 0.05) is 18.5 Å². The molecule has 0 aromatic heterocycles. The lowest BCUT2D eigenvalue weighted by Gasteiger charge is -2.29. The monoisotopic (exact) mass is 259 g/mol. The second kappa shape index (κ2) is 5.33. The Hall–Kier alpha value is -1.35. The molecule has 1 aliphatic heterocycles. The minimum atomic E-state index is 0.219. The van der Waals surface area contributed by atoms with Crippen molar-refractivity contribution in [3.8, 4) is 5.75 Å². The standard InChI is InChI=1S/C16H21NO2/c1-17(10-12-3-2-4-12)11-15(18)13-5-6-16-14(9-13)7-8-19-16/h5-6,9,12H,2-4,7-8,10-11H2,1H3. The third kappa shape index (κ3) is 2.81. The van der Waals surface area contributed by atoms with E-state index in [1.807, 2.05) is 25.2 Å². The summed E-state index contributed by atoms with van der Waals surface area (Å²) in [4.78, 5) is 14.4. The van der Waals surface area contributed by atoms with Gasteiger partial charge in [0.1, 0.15) is 5.75 Å². The Balaban J connectivity index is 1.60. The molecule has 3 rings (SSSR count). The van der Waals surface area contributed by atoms with Crippen molar-refractivity contribution in [1.82, 2.24) is 4.90 Å². The molecule has 102 valence electrons. The van der Waals surface area contributed by atoms with Crippen molar-refractivity contribution in [3.05, 3.63) is 29.3 Å². The Labute approximate surface area is 114 Å². The molecule has 1 aliphatic carbocycles. The molecule has 0 amide bonds. The van der Waals surface area contributed by atoms with E-state index in [0.717, 1.165) is 36.8 Å². The van der Waals surface area contributed by atoms with E-state index in [1.165, 1.54) is 24.8 Å². The third-order valence-electron chi connectivity index (χ3n) is 4.22. The molecule has 3 nitrogen and oxygen atoms in total. The summed E-state index contributed by atoms with van der Waals surface area (Å²) in [7, 11) is 2.05. The normalized spacial score (nSPS) is 18.0. The first kappa shape index (κ1) is 12.7. The molecular formula is C16H21NO2. The van der Waals surface area contributed by atoms with Crippen LogP contribution < -0.4 is 4.74 Å². The van der Waals surface area contributed by atoms with Crippen LogP contribution in [0, 0.1) is 5.92 Å². The van der Waals surface area contributed by atoms with E-state index >= 15 is 0 Å². The van der Waals surface area contributed by atoms with Crippen LogP contribution in [-0.2, 0) is 6.42 Å². The molecule has 1 heterocycles. The second-order valence-electron chi connectivity index (χ2n) is 5.84. The number of likely N-dealkylation sites (N-methyl/N-ethyl adjacent to an activating group) is 1. The molecule has 2 aliphatic rings. The van der Waals surface area contributed by atoms with Crippen molar-refractivity contribution >= 4 is 5.78 Å². The number of fused-ring (bicyclic) bond motifs is 1. The number of ether oxygens (including phenoxy) is 1. The Morgan fingerprint density at radius 3 is 3.00 bits per heavy atom. The van der Waals surface area contributed by atoms with Crippen LogP contribution in [0.5, 0.6) is 5.75 Å². The van der Waals surface area contributed by atoms with Crippen LogP contribution in [-0.4, -0.2) is 37.4 Å². The molecule has 1 fully saturated rings. The topological polar surface area (TPSA) is 29.5 Å². The maximum atomic E-state index is 12.3. The predicted octanol–water partition coefficient (Wildman–Crippen LogP) is 2.54. The van der Waals surface area contributed by atoms with E-state index in [-0.39, 0.29) is 5.78 Å². The minimum absolute atomic E-state index is 0.219. The van der Waals surface area contributed by atoms with Crippen molar-refractivity contribution in [1.29, 1.82) is 0 Å². The van der Waals surface area contributed by atoms with E-state index in [1.54, 1.807) is 0 Å². The lowest BCUT2D eigenvalue weighted by molar-refractivity contribution is 0.0925. The largest absolute Gasteiger partial charge is 0.493 e. The van der Waals surface area contributed by atoms with Gasteiger partial charge >= 0.3 is 0 Å². The van der Waals surface area contributed by atoms with Crippen molar-refractivity contribution in [2.24, 2.45) is 5.92 Å². The van der Waals surface area contributed by atoms with Crippen molar-refractivity contribution in [2.45, 2.75) is 25.7 Å². The molecule has 3 heteroatoms. The van der Waals surface area contributed by atoms with Gasteiger partial charge in [0.25, 0.3) is 0 Å². The number of carbonyl (C=O) groups is 1. The van der Waals surface area contributed by atoms with Gasteiger partial charge < -0.3 is 4.74 Å². The fourth-order valence-corrected chi connectivity index (χ4v) is 2.88. The van der Waals surface area contributed by atoms with Gasteiger partial charge in [0.05, 0.1) is 13.2 Å². The molecule has 0 N–H and O–H groups in total. The van der Waals surface area contributed by atoms with Gasteiger partial charge in [-0.3, -0.25) is 9.69 Å². The van der Waals surface area contributed by atoms with E-state index in [0.29, 0.717) is 6.54 Å². The van der Waals surface area contributed by atoms with Crippen LogP contribution in [0.4, 0.5) is 0 Å². The van der Waals surface area contributed by atoms with Crippen molar-refractivity contribution in [3.63, 3.8) is 0 Å². The SMILES string of the molecule is CN(CC(=O)c1ccc2c(c1)CCO2)CC1CCC1. The number of nitrogens with zero attached hydrogens (tertiary/aromatic N) is 1. The fourth-order valence-electron chi connectivity index (χ4n) is 2.88. The molecular weight excluding hydrogens is 238 g/mol. The van der Waals surface area contributed by atoms with E-state index in [4.69, 9.17) is 4.74 Å². The summed E-state index contributed by atoms with van der Waals surface area (Å²) in [6.45, 7) is 2.32. The number of hydrogen-bond acceptors (Lipinski definition) is 3. The summed E-state index contributed by atoms with van der Waals surface area (Å²) in [6.07, 6.45) is 4.94. The average molecular weight is 259 g/mol. The third-order valence-corrected chi connectivity index (χ3v) is 4.22. The van der Waals surface area contributed by atoms with Crippen LogP contribution in [0.1, 0.15) is 35.2 Å². The highest BCUT2D eigenvalue weighted by molar-refractivity contribution is 5.98. The Bertz CT molecular complexity index is 480. The van der Waals surface area contributed by atoms with Gasteiger partial charge in [0.2, 0.25) is 0 Å². The number of ketones is 1. The summed E-state index contributed by atoms with van der Waals surface area (Å²) in [5.41, 5.74) is 2.00. The second-order valence-corrected chi connectivity index (χ2v) is 5.84. The molecule has 0 spiro atoms. The van der Waals surface area contributed by atoms with Crippen LogP contribution in [0.2, 0.25) is 0 Å². The summed E-state index contributed by atoms with van der Waals surface area (Å²) >= 11 is 0. The lowest BCUT2D eigenvalue weighted by atomic mass is 9.85. The van der Waals surface area contributed by atoms with Crippen molar-refractivity contribution < 1.29 is 9.53 Å². The molecule has 0 atom stereocenters. The highest BCUT2D eigenvalue weighted by atomic mass is 16.5. The van der Waals surface area contributed by atoms with Crippen LogP contribution in [0.15, 0.2) is 18.2 Å². The lowest BCUT2D eigenvalue weighted by Crippen LogP contribution is -2.33. The molecule has 0 radical (unpaired) electrons. The molecule has 0 unspecified atom stereocenters. The van der Waals surface area contributed by atoms with Gasteiger partial charge in [-0.1, -0.05) is 6.42 Å². The molecule has 1 aromatic carbocycles. The smallest absolute Gasteiger partial charge is 0.176 e. The van der Waals surface area contributed by atoms with Gasteiger partial charge in [0.15, 0.2) is 5.78 Å². The maximum Gasteiger partial charge on any atom is 0.176 e.